The van der Waals surface area contributed by atoms with Crippen molar-refractivity contribution in [3.8, 4) is 5.75 Å². The van der Waals surface area contributed by atoms with E-state index in [1.165, 1.54) is 5.56 Å². The van der Waals surface area contributed by atoms with Crippen molar-refractivity contribution in [3.63, 3.8) is 0 Å². The molecule has 3 N–H and O–H groups in total. The lowest BCUT2D eigenvalue weighted by Gasteiger charge is -2.61. The predicted octanol–water partition coefficient (Wildman–Crippen LogP) is 2.44. The summed E-state index contributed by atoms with van der Waals surface area (Å²) in [5.74, 6) is 0.288. The summed E-state index contributed by atoms with van der Waals surface area (Å²) in [4.78, 5) is 0. The van der Waals surface area contributed by atoms with Crippen molar-refractivity contribution in [3.05, 3.63) is 41.5 Å². The van der Waals surface area contributed by atoms with Crippen LogP contribution in [0.5, 0.6) is 5.75 Å². The Labute approximate surface area is 131 Å². The smallest absolute Gasteiger partial charge is 0.115 e. The molecule has 21 heavy (non-hydrogen) atoms. The molecule has 0 spiro atoms. The Kier molecular flexibility index (Phi) is 3.36. The Balaban J connectivity index is 0.00000132. The highest BCUT2D eigenvalue weighted by atomic mass is 35.5. The third kappa shape index (κ3) is 1.68. The number of phenols is 1. The number of aliphatic hydroxyl groups is 1. The minimum absolute atomic E-state index is 0. The fourth-order valence-corrected chi connectivity index (χ4v) is 4.93. The molecule has 0 amide bonds. The van der Waals surface area contributed by atoms with Crippen molar-refractivity contribution in [2.24, 2.45) is 0 Å². The summed E-state index contributed by atoms with van der Waals surface area (Å²) in [6.07, 6.45) is 4.50. The van der Waals surface area contributed by atoms with Gasteiger partial charge in [0.15, 0.2) is 0 Å². The molecule has 2 fully saturated rings. The molecule has 0 unspecified atom stereocenters. The minimum Gasteiger partial charge on any atom is -0.508 e. The maximum atomic E-state index is 11.5. The number of nitrogens with one attached hydrogen (secondary N) is 1. The van der Waals surface area contributed by atoms with Gasteiger partial charge in [-0.2, -0.15) is 0 Å². The van der Waals surface area contributed by atoms with E-state index in [2.05, 4.69) is 11.9 Å². The molecule has 1 heterocycles. The summed E-state index contributed by atoms with van der Waals surface area (Å²) in [6.45, 7) is 5.22. The fourth-order valence-electron chi connectivity index (χ4n) is 4.93. The van der Waals surface area contributed by atoms with Crippen LogP contribution in [0.2, 0.25) is 0 Å². The quantitative estimate of drug-likeness (QED) is 0.645. The first-order valence-electron chi connectivity index (χ1n) is 7.54. The highest BCUT2D eigenvalue weighted by Crippen LogP contribution is 2.58. The van der Waals surface area contributed by atoms with Gasteiger partial charge in [-0.1, -0.05) is 18.2 Å². The molecule has 2 bridgehead atoms. The predicted molar refractivity (Wildman–Crippen MR) is 85.1 cm³/mol. The van der Waals surface area contributed by atoms with Gasteiger partial charge >= 0.3 is 0 Å². The molecule has 0 aromatic heterocycles. The van der Waals surface area contributed by atoms with E-state index in [0.717, 1.165) is 49.8 Å². The maximum Gasteiger partial charge on any atom is 0.115 e. The Morgan fingerprint density at radius 1 is 1.29 bits per heavy atom. The first kappa shape index (κ1) is 14.9. The number of hydrogen-bond acceptors (Lipinski definition) is 3. The molecule has 3 aliphatic rings. The van der Waals surface area contributed by atoms with Gasteiger partial charge < -0.3 is 15.5 Å². The Morgan fingerprint density at radius 2 is 2.10 bits per heavy atom. The molecule has 2 aliphatic carbocycles. The van der Waals surface area contributed by atoms with Gasteiger partial charge in [-0.3, -0.25) is 0 Å². The molecule has 3 atom stereocenters. The number of fused-ring (bicyclic) bond motifs is 1. The molecule has 1 aliphatic heterocycles. The van der Waals surface area contributed by atoms with Crippen LogP contribution in [0.1, 0.15) is 36.8 Å². The van der Waals surface area contributed by atoms with Gasteiger partial charge in [0.05, 0.1) is 5.60 Å². The van der Waals surface area contributed by atoms with Crippen molar-refractivity contribution in [2.75, 3.05) is 6.54 Å². The second kappa shape index (κ2) is 4.73. The molecule has 1 aromatic carbocycles. The van der Waals surface area contributed by atoms with Crippen LogP contribution in [0.25, 0.3) is 0 Å². The zero-order valence-corrected chi connectivity index (χ0v) is 12.9. The van der Waals surface area contributed by atoms with E-state index in [4.69, 9.17) is 0 Å². The second-order valence-electron chi connectivity index (χ2n) is 6.59. The summed E-state index contributed by atoms with van der Waals surface area (Å²) in [6, 6.07) is 5.72. The van der Waals surface area contributed by atoms with Gasteiger partial charge in [0.1, 0.15) is 5.75 Å². The summed E-state index contributed by atoms with van der Waals surface area (Å²) in [5, 5.41) is 24.9. The van der Waals surface area contributed by atoms with Crippen LogP contribution in [-0.2, 0) is 11.8 Å². The topological polar surface area (TPSA) is 52.5 Å². The van der Waals surface area contributed by atoms with E-state index >= 15 is 0 Å². The maximum absolute atomic E-state index is 11.5. The third-order valence-electron chi connectivity index (χ3n) is 5.82. The van der Waals surface area contributed by atoms with Crippen LogP contribution in [0, 0.1) is 0 Å². The zero-order valence-electron chi connectivity index (χ0n) is 12.1. The lowest BCUT2D eigenvalue weighted by Crippen LogP contribution is -2.72. The van der Waals surface area contributed by atoms with E-state index in [1.54, 1.807) is 6.07 Å². The second-order valence-corrected chi connectivity index (χ2v) is 6.59. The molecule has 1 aromatic rings. The van der Waals surface area contributed by atoms with E-state index in [-0.39, 0.29) is 29.6 Å². The van der Waals surface area contributed by atoms with E-state index in [0.29, 0.717) is 0 Å². The average molecular weight is 308 g/mol. The van der Waals surface area contributed by atoms with Crippen molar-refractivity contribution >= 4 is 12.4 Å². The number of halogens is 1. The molecule has 1 saturated heterocycles. The lowest BCUT2D eigenvalue weighted by molar-refractivity contribution is -0.103. The van der Waals surface area contributed by atoms with Gasteiger partial charge in [-0.15, -0.1) is 12.4 Å². The number of rotatable bonds is 0. The summed E-state index contributed by atoms with van der Waals surface area (Å²) >= 11 is 0. The largest absolute Gasteiger partial charge is 0.508 e. The molecular formula is C17H22ClNO2. The fraction of sp³-hybridized carbons (Fsp3) is 0.529. The molecule has 3 nitrogen and oxygen atoms in total. The number of hydrogen-bond donors (Lipinski definition) is 3. The Hall–Kier alpha value is -1.03. The molecule has 114 valence electrons. The highest BCUT2D eigenvalue weighted by molar-refractivity contribution is 5.85. The van der Waals surface area contributed by atoms with Gasteiger partial charge in [-0.25, -0.2) is 0 Å². The molecule has 0 radical (unpaired) electrons. The van der Waals surface area contributed by atoms with E-state index in [9.17, 15) is 10.2 Å². The normalized spacial score (nSPS) is 37.2. The summed E-state index contributed by atoms with van der Waals surface area (Å²) < 4.78 is 0. The van der Waals surface area contributed by atoms with Crippen LogP contribution < -0.4 is 5.32 Å². The monoisotopic (exact) mass is 307 g/mol. The average Bonchev–Trinajstić information content (AvgIpc) is 2.40. The van der Waals surface area contributed by atoms with Gasteiger partial charge in [0, 0.05) is 11.5 Å². The van der Waals surface area contributed by atoms with Gasteiger partial charge in [0.2, 0.25) is 0 Å². The number of phenolic OH excluding ortho intramolecular Hbond substituents is 1. The SMILES string of the molecule is C=C1CCC[C@@]2(O)[C@H]3Cc4ccc(O)cc4[C@@]12CCN3.Cl. The Bertz CT molecular complexity index is 602. The summed E-state index contributed by atoms with van der Waals surface area (Å²) in [5.41, 5.74) is 2.38. The van der Waals surface area contributed by atoms with Crippen molar-refractivity contribution in [2.45, 2.75) is 49.2 Å². The number of piperidine rings is 1. The lowest BCUT2D eigenvalue weighted by atomic mass is 9.48. The van der Waals surface area contributed by atoms with E-state index in [1.807, 2.05) is 12.1 Å². The van der Waals surface area contributed by atoms with Gasteiger partial charge in [-0.05, 0) is 61.9 Å². The number of benzene rings is 1. The minimum atomic E-state index is -0.749. The number of aromatic hydroxyl groups is 1. The van der Waals surface area contributed by atoms with Crippen LogP contribution >= 0.6 is 12.4 Å². The zero-order chi connectivity index (χ0) is 14.0. The highest BCUT2D eigenvalue weighted by Gasteiger charge is 2.62. The molecule has 4 heteroatoms. The standard InChI is InChI=1S/C17H21NO2.ClH/c1-11-3-2-6-17(20)15-9-12-4-5-13(19)10-14(12)16(11,17)7-8-18-15;/h4-5,10,15,18-20H,1-3,6-9H2;1H/t15-,16-,17-;/m1./s1. The first-order valence-corrected chi connectivity index (χ1v) is 7.54. The van der Waals surface area contributed by atoms with E-state index < -0.39 is 5.60 Å². The van der Waals surface area contributed by atoms with Crippen LogP contribution in [0.15, 0.2) is 30.4 Å². The Morgan fingerprint density at radius 3 is 2.90 bits per heavy atom. The van der Waals surface area contributed by atoms with Crippen molar-refractivity contribution in [1.82, 2.24) is 5.32 Å². The molecular weight excluding hydrogens is 286 g/mol. The van der Waals surface area contributed by atoms with Crippen molar-refractivity contribution < 1.29 is 10.2 Å². The summed E-state index contributed by atoms with van der Waals surface area (Å²) in [7, 11) is 0. The molecule has 4 rings (SSSR count). The van der Waals surface area contributed by atoms with Crippen molar-refractivity contribution in [1.29, 1.82) is 0 Å². The third-order valence-corrected chi connectivity index (χ3v) is 5.82. The van der Waals surface area contributed by atoms with Gasteiger partial charge in [0.25, 0.3) is 0 Å². The molecule has 1 saturated carbocycles. The van der Waals surface area contributed by atoms with Crippen LogP contribution in [-0.4, -0.2) is 28.4 Å². The van der Waals surface area contributed by atoms with Crippen LogP contribution in [0.4, 0.5) is 0 Å². The first-order chi connectivity index (χ1) is 9.58. The van der Waals surface area contributed by atoms with Crippen LogP contribution in [0.3, 0.4) is 0 Å².